The summed E-state index contributed by atoms with van der Waals surface area (Å²) >= 11 is 0. The van der Waals surface area contributed by atoms with Crippen LogP contribution in [0.1, 0.15) is 37.2 Å². The van der Waals surface area contributed by atoms with Crippen LogP contribution in [-0.4, -0.2) is 34.3 Å². The summed E-state index contributed by atoms with van der Waals surface area (Å²) in [6.45, 7) is 3.54. The number of nitrogens with zero attached hydrogens (tertiary/aromatic N) is 2. The highest BCUT2D eigenvalue weighted by Gasteiger charge is 2.18. The summed E-state index contributed by atoms with van der Waals surface area (Å²) in [6.07, 6.45) is 1.81. The lowest BCUT2D eigenvalue weighted by molar-refractivity contribution is -0.124. The van der Waals surface area contributed by atoms with Crippen molar-refractivity contribution >= 4 is 22.6 Å². The fraction of sp³-hybridized carbons (Fsp3) is 0.412. The molecular formula is C17H21N3O4. The number of aromatic nitrogens is 2. The van der Waals surface area contributed by atoms with Crippen LogP contribution in [0.3, 0.4) is 0 Å². The zero-order chi connectivity index (χ0) is 17.7. The van der Waals surface area contributed by atoms with Gasteiger partial charge in [0.2, 0.25) is 0 Å². The van der Waals surface area contributed by atoms with Crippen LogP contribution in [0, 0.1) is 0 Å². The average Bonchev–Trinajstić information content (AvgIpc) is 2.56. The van der Waals surface area contributed by atoms with E-state index in [9.17, 15) is 14.4 Å². The summed E-state index contributed by atoms with van der Waals surface area (Å²) in [5, 5.41) is 7.51. The molecule has 2 rings (SSSR count). The molecule has 7 heteroatoms. The lowest BCUT2D eigenvalue weighted by Gasteiger charge is -2.13. The molecule has 24 heavy (non-hydrogen) atoms. The molecule has 1 atom stereocenters. The molecule has 0 aliphatic carbocycles. The van der Waals surface area contributed by atoms with Crippen molar-refractivity contribution in [2.75, 3.05) is 6.61 Å². The molecule has 2 aromatic rings. The normalized spacial score (nSPS) is 12.0. The van der Waals surface area contributed by atoms with Gasteiger partial charge in [0.05, 0.1) is 5.39 Å². The predicted octanol–water partition coefficient (Wildman–Crippen LogP) is 1.40. The van der Waals surface area contributed by atoms with Crippen LogP contribution in [0.2, 0.25) is 0 Å². The second kappa shape index (κ2) is 7.72. The van der Waals surface area contributed by atoms with E-state index in [1.165, 1.54) is 7.05 Å². The van der Waals surface area contributed by atoms with Gasteiger partial charge in [-0.3, -0.25) is 9.59 Å². The maximum Gasteiger partial charge on any atom is 0.359 e. The number of nitrogens with one attached hydrogen (secondary N) is 1. The molecule has 0 radical (unpaired) electrons. The first-order chi connectivity index (χ1) is 11.4. The highest BCUT2D eigenvalue weighted by Crippen LogP contribution is 2.13. The molecule has 1 aromatic carbocycles. The van der Waals surface area contributed by atoms with Gasteiger partial charge in [-0.05, 0) is 19.4 Å². The largest absolute Gasteiger partial charge is 0.451 e. The van der Waals surface area contributed by atoms with Crippen molar-refractivity contribution in [3.05, 3.63) is 40.3 Å². The number of amides is 1. The van der Waals surface area contributed by atoms with Crippen molar-refractivity contribution in [2.45, 2.75) is 32.7 Å². The Morgan fingerprint density at radius 3 is 2.62 bits per heavy atom. The molecule has 0 spiro atoms. The number of benzene rings is 1. The fourth-order valence-corrected chi connectivity index (χ4v) is 2.47. The van der Waals surface area contributed by atoms with Gasteiger partial charge in [-0.1, -0.05) is 31.5 Å². The van der Waals surface area contributed by atoms with Gasteiger partial charge in [0.15, 0.2) is 12.3 Å². The smallest absolute Gasteiger partial charge is 0.359 e. The van der Waals surface area contributed by atoms with E-state index in [-0.39, 0.29) is 29.8 Å². The van der Waals surface area contributed by atoms with Gasteiger partial charge in [-0.15, -0.1) is 0 Å². The van der Waals surface area contributed by atoms with Crippen LogP contribution in [0.5, 0.6) is 0 Å². The van der Waals surface area contributed by atoms with Gasteiger partial charge in [0.1, 0.15) is 0 Å². The Morgan fingerprint density at radius 1 is 1.29 bits per heavy atom. The third kappa shape index (κ3) is 3.98. The summed E-state index contributed by atoms with van der Waals surface area (Å²) in [6, 6.07) is 6.69. The van der Waals surface area contributed by atoms with Crippen molar-refractivity contribution in [2.24, 2.45) is 7.05 Å². The van der Waals surface area contributed by atoms with E-state index in [1.54, 1.807) is 24.3 Å². The number of esters is 1. The van der Waals surface area contributed by atoms with Gasteiger partial charge in [-0.25, -0.2) is 9.48 Å². The van der Waals surface area contributed by atoms with Crippen LogP contribution in [0.25, 0.3) is 10.8 Å². The molecule has 0 aliphatic rings. The maximum atomic E-state index is 12.3. The van der Waals surface area contributed by atoms with Crippen molar-refractivity contribution in [1.82, 2.24) is 15.1 Å². The molecule has 0 bridgehead atoms. The van der Waals surface area contributed by atoms with E-state index < -0.39 is 5.97 Å². The topological polar surface area (TPSA) is 90.3 Å². The van der Waals surface area contributed by atoms with Gasteiger partial charge >= 0.3 is 5.97 Å². The molecule has 1 aromatic heterocycles. The number of aryl methyl sites for hydroxylation is 1. The molecule has 0 saturated heterocycles. The van der Waals surface area contributed by atoms with Crippen molar-refractivity contribution < 1.29 is 14.3 Å². The Bertz CT molecular complexity index is 813. The molecule has 1 unspecified atom stereocenters. The number of fused-ring (bicyclic) bond motifs is 1. The molecule has 7 nitrogen and oxygen atoms in total. The molecule has 0 fully saturated rings. The van der Waals surface area contributed by atoms with Crippen LogP contribution in [-0.2, 0) is 16.6 Å². The minimum Gasteiger partial charge on any atom is -0.451 e. The van der Waals surface area contributed by atoms with Gasteiger partial charge in [0.25, 0.3) is 11.5 Å². The quantitative estimate of drug-likeness (QED) is 0.808. The number of ether oxygens (including phenoxy) is 1. The van der Waals surface area contributed by atoms with Crippen LogP contribution >= 0.6 is 0 Å². The van der Waals surface area contributed by atoms with Crippen molar-refractivity contribution in [1.29, 1.82) is 0 Å². The Balaban J connectivity index is 2.14. The molecule has 0 aliphatic heterocycles. The van der Waals surface area contributed by atoms with E-state index in [4.69, 9.17) is 4.74 Å². The third-order valence-corrected chi connectivity index (χ3v) is 3.61. The van der Waals surface area contributed by atoms with Crippen molar-refractivity contribution in [3.8, 4) is 0 Å². The molecule has 128 valence electrons. The number of carbonyl (C=O) groups is 2. The Morgan fingerprint density at radius 2 is 1.96 bits per heavy atom. The first-order valence-electron chi connectivity index (χ1n) is 7.86. The highest BCUT2D eigenvalue weighted by atomic mass is 16.5. The minimum absolute atomic E-state index is 0.0158. The Kier molecular flexibility index (Phi) is 5.68. The first-order valence-corrected chi connectivity index (χ1v) is 7.86. The van der Waals surface area contributed by atoms with Crippen LogP contribution in [0.4, 0.5) is 0 Å². The SMILES string of the molecule is CCCC(C)NC(=O)COC(=O)c1nn(C)c(=O)c2ccccc12. The predicted molar refractivity (Wildman–Crippen MR) is 89.8 cm³/mol. The van der Waals surface area contributed by atoms with E-state index >= 15 is 0 Å². The monoisotopic (exact) mass is 331 g/mol. The average molecular weight is 331 g/mol. The van der Waals surface area contributed by atoms with Crippen molar-refractivity contribution in [3.63, 3.8) is 0 Å². The maximum absolute atomic E-state index is 12.3. The molecule has 1 N–H and O–H groups in total. The van der Waals surface area contributed by atoms with E-state index in [2.05, 4.69) is 10.4 Å². The fourth-order valence-electron chi connectivity index (χ4n) is 2.47. The van der Waals surface area contributed by atoms with Crippen LogP contribution in [0.15, 0.2) is 29.1 Å². The zero-order valence-electron chi connectivity index (χ0n) is 14.0. The molecular weight excluding hydrogens is 310 g/mol. The van der Waals surface area contributed by atoms with E-state index in [1.807, 2.05) is 13.8 Å². The van der Waals surface area contributed by atoms with Gasteiger partial charge in [-0.2, -0.15) is 5.10 Å². The minimum atomic E-state index is -0.736. The van der Waals surface area contributed by atoms with Crippen LogP contribution < -0.4 is 10.9 Å². The van der Waals surface area contributed by atoms with Gasteiger partial charge < -0.3 is 10.1 Å². The Labute approximate surface area is 139 Å². The van der Waals surface area contributed by atoms with E-state index in [0.717, 1.165) is 17.5 Å². The Hall–Kier alpha value is -2.70. The molecule has 0 saturated carbocycles. The number of carbonyl (C=O) groups excluding carboxylic acids is 2. The zero-order valence-corrected chi connectivity index (χ0v) is 14.0. The summed E-state index contributed by atoms with van der Waals surface area (Å²) < 4.78 is 6.13. The van der Waals surface area contributed by atoms with E-state index in [0.29, 0.717) is 10.8 Å². The lowest BCUT2D eigenvalue weighted by atomic mass is 10.1. The molecule has 1 heterocycles. The third-order valence-electron chi connectivity index (χ3n) is 3.61. The summed E-state index contributed by atoms with van der Waals surface area (Å²) in [7, 11) is 1.46. The summed E-state index contributed by atoms with van der Waals surface area (Å²) in [5.74, 6) is -1.10. The lowest BCUT2D eigenvalue weighted by Crippen LogP contribution is -2.36. The summed E-state index contributed by atoms with van der Waals surface area (Å²) in [5.41, 5.74) is -0.282. The van der Waals surface area contributed by atoms with Gasteiger partial charge in [0, 0.05) is 18.5 Å². The summed E-state index contributed by atoms with van der Waals surface area (Å²) in [4.78, 5) is 36.1. The number of rotatable bonds is 6. The second-order valence-electron chi connectivity index (χ2n) is 5.66. The molecule has 1 amide bonds. The first kappa shape index (κ1) is 17.7. The number of hydrogen-bond acceptors (Lipinski definition) is 5. The highest BCUT2D eigenvalue weighted by molar-refractivity contribution is 6.02. The second-order valence-corrected chi connectivity index (χ2v) is 5.66. The standard InChI is InChI=1S/C17H21N3O4/c1-4-7-11(2)18-14(21)10-24-17(23)15-12-8-5-6-9-13(12)16(22)20(3)19-15/h5-6,8-9,11H,4,7,10H2,1-3H3,(H,18,21). The number of hydrogen-bond donors (Lipinski definition) is 1.